The largest absolute Gasteiger partial charge is 0.494 e. The molecule has 2 aliphatic rings. The lowest BCUT2D eigenvalue weighted by molar-refractivity contribution is -0.119. The number of nitrogens with one attached hydrogen (secondary N) is 2. The number of aromatic nitrogens is 2. The van der Waals surface area contributed by atoms with Crippen LogP contribution in [0.25, 0.3) is 0 Å². The van der Waals surface area contributed by atoms with E-state index in [0.29, 0.717) is 41.1 Å². The Labute approximate surface area is 209 Å². The fourth-order valence-corrected chi connectivity index (χ4v) is 4.77. The number of halogens is 1. The highest BCUT2D eigenvalue weighted by Crippen LogP contribution is 2.35. The lowest BCUT2D eigenvalue weighted by atomic mass is 9.78. The van der Waals surface area contributed by atoms with E-state index in [0.717, 1.165) is 32.2 Å². The van der Waals surface area contributed by atoms with Gasteiger partial charge in [-0.3, -0.25) is 9.59 Å². The maximum absolute atomic E-state index is 13.6. The zero-order valence-electron chi connectivity index (χ0n) is 20.8. The van der Waals surface area contributed by atoms with Gasteiger partial charge in [0.1, 0.15) is 23.3 Å². The van der Waals surface area contributed by atoms with Gasteiger partial charge in [-0.2, -0.15) is 0 Å². The van der Waals surface area contributed by atoms with E-state index >= 15 is 0 Å². The van der Waals surface area contributed by atoms with Gasteiger partial charge in [-0.25, -0.2) is 14.4 Å². The van der Waals surface area contributed by atoms with E-state index in [9.17, 15) is 14.0 Å². The Bertz CT molecular complexity index is 1150. The molecule has 9 nitrogen and oxygen atoms in total. The predicted octanol–water partition coefficient (Wildman–Crippen LogP) is 3.30. The minimum atomic E-state index is -0.459. The third-order valence-electron chi connectivity index (χ3n) is 6.78. The molecule has 2 amide bonds. The van der Waals surface area contributed by atoms with Gasteiger partial charge in [-0.05, 0) is 68.2 Å². The van der Waals surface area contributed by atoms with Crippen molar-refractivity contribution in [3.8, 4) is 5.75 Å². The molecule has 1 saturated carbocycles. The molecule has 1 aliphatic carbocycles. The number of hydrogen-bond donors (Lipinski definition) is 2. The third-order valence-corrected chi connectivity index (χ3v) is 6.78. The number of benzene rings is 1. The number of aryl methyl sites for hydroxylation is 1. The summed E-state index contributed by atoms with van der Waals surface area (Å²) in [5.41, 5.74) is 2.23. The summed E-state index contributed by atoms with van der Waals surface area (Å²) in [7, 11) is 1.39. The lowest BCUT2D eigenvalue weighted by Gasteiger charge is -2.30. The standard InChI is InChI=1S/C26H32FN5O4/c1-15-30-21(11-23(31-15)26(34)29-14-18-6-9-20(27)25(10-18)35-3)22-12-24(36-32-22)19-7-4-17(5-8-19)13-28-16(2)33/h6,9-11,17,19,24H,4-5,7-8,12-14H2,1-3H3,(H,28,33)(H,29,34)/t17-,19-,24-/m1/s1. The molecule has 4 rings (SSSR count). The van der Waals surface area contributed by atoms with Crippen molar-refractivity contribution in [2.75, 3.05) is 13.7 Å². The summed E-state index contributed by atoms with van der Waals surface area (Å²) in [5, 5.41) is 10.0. The minimum Gasteiger partial charge on any atom is -0.494 e. The van der Waals surface area contributed by atoms with Crippen LogP contribution in [-0.4, -0.2) is 47.3 Å². The Hall–Kier alpha value is -3.56. The van der Waals surface area contributed by atoms with E-state index in [2.05, 4.69) is 25.8 Å². The maximum Gasteiger partial charge on any atom is 0.270 e. The fraction of sp³-hybridized carbons (Fsp3) is 0.500. The molecular formula is C26H32FN5O4. The van der Waals surface area contributed by atoms with Crippen LogP contribution in [0.2, 0.25) is 0 Å². The summed E-state index contributed by atoms with van der Waals surface area (Å²) in [6.45, 7) is 4.21. The van der Waals surface area contributed by atoms with Crippen LogP contribution >= 0.6 is 0 Å². The number of oxime groups is 1. The molecule has 0 spiro atoms. The summed E-state index contributed by atoms with van der Waals surface area (Å²) in [5.74, 6) is 0.686. The smallest absolute Gasteiger partial charge is 0.270 e. The van der Waals surface area contributed by atoms with Gasteiger partial charge < -0.3 is 20.2 Å². The van der Waals surface area contributed by atoms with E-state index < -0.39 is 5.82 Å². The first-order valence-corrected chi connectivity index (χ1v) is 12.3. The van der Waals surface area contributed by atoms with E-state index in [1.165, 1.54) is 13.2 Å². The van der Waals surface area contributed by atoms with Gasteiger partial charge in [0.25, 0.3) is 5.91 Å². The highest BCUT2D eigenvalue weighted by atomic mass is 19.1. The fourth-order valence-electron chi connectivity index (χ4n) is 4.77. The average molecular weight is 498 g/mol. The molecule has 0 bridgehead atoms. The van der Waals surface area contributed by atoms with Gasteiger partial charge >= 0.3 is 0 Å². The van der Waals surface area contributed by atoms with Crippen molar-refractivity contribution in [2.45, 2.75) is 58.6 Å². The monoisotopic (exact) mass is 497 g/mol. The van der Waals surface area contributed by atoms with Crippen molar-refractivity contribution in [2.24, 2.45) is 17.0 Å². The number of nitrogens with zero attached hydrogens (tertiary/aromatic N) is 3. The molecule has 1 atom stereocenters. The molecular weight excluding hydrogens is 465 g/mol. The predicted molar refractivity (Wildman–Crippen MR) is 131 cm³/mol. The summed E-state index contributed by atoms with van der Waals surface area (Å²) in [6, 6.07) is 6.07. The van der Waals surface area contributed by atoms with Crippen LogP contribution in [0.4, 0.5) is 4.39 Å². The van der Waals surface area contributed by atoms with E-state index in [1.807, 2.05) is 0 Å². The number of rotatable bonds is 8. The van der Waals surface area contributed by atoms with Crippen LogP contribution in [0, 0.1) is 24.6 Å². The van der Waals surface area contributed by atoms with Crippen LogP contribution in [0.15, 0.2) is 29.4 Å². The molecule has 1 aromatic heterocycles. The zero-order valence-corrected chi connectivity index (χ0v) is 20.8. The maximum atomic E-state index is 13.6. The van der Waals surface area contributed by atoms with Crippen molar-refractivity contribution in [1.82, 2.24) is 20.6 Å². The molecule has 2 N–H and O–H groups in total. The second kappa shape index (κ2) is 11.5. The molecule has 192 valence electrons. The SMILES string of the molecule is COc1cc(CNC(=O)c2cc(C3=NO[C@@H]([C@H]4CC[C@H](CNC(C)=O)CC4)C3)nc(C)n2)ccc1F. The first-order valence-electron chi connectivity index (χ1n) is 12.3. The minimum absolute atomic E-state index is 0.0114. The van der Waals surface area contributed by atoms with Gasteiger partial charge in [0.05, 0.1) is 12.8 Å². The Morgan fingerprint density at radius 1 is 1.14 bits per heavy atom. The summed E-state index contributed by atoms with van der Waals surface area (Å²) < 4.78 is 18.6. The van der Waals surface area contributed by atoms with E-state index in [1.54, 1.807) is 32.0 Å². The zero-order chi connectivity index (χ0) is 25.7. The van der Waals surface area contributed by atoms with Crippen LogP contribution in [-0.2, 0) is 16.2 Å². The summed E-state index contributed by atoms with van der Waals surface area (Å²) >= 11 is 0. The highest BCUT2D eigenvalue weighted by molar-refractivity contribution is 6.01. The number of methoxy groups -OCH3 is 1. The molecule has 0 saturated heterocycles. The normalized spacial score (nSPS) is 21.3. The van der Waals surface area contributed by atoms with Crippen LogP contribution in [0.3, 0.4) is 0 Å². The molecule has 0 radical (unpaired) electrons. The molecule has 2 aromatic rings. The van der Waals surface area contributed by atoms with E-state index in [-0.39, 0.29) is 35.9 Å². The van der Waals surface area contributed by atoms with Gasteiger partial charge in [0.15, 0.2) is 11.6 Å². The first kappa shape index (κ1) is 25.5. The van der Waals surface area contributed by atoms with Crippen molar-refractivity contribution in [3.05, 3.63) is 52.9 Å². The first-order chi connectivity index (χ1) is 17.3. The molecule has 36 heavy (non-hydrogen) atoms. The Morgan fingerprint density at radius 3 is 2.64 bits per heavy atom. The topological polar surface area (TPSA) is 115 Å². The molecule has 1 fully saturated rings. The Kier molecular flexibility index (Phi) is 8.12. The molecule has 10 heteroatoms. The average Bonchev–Trinajstić information content (AvgIpc) is 3.37. The van der Waals surface area contributed by atoms with Gasteiger partial charge in [-0.1, -0.05) is 11.2 Å². The second-order valence-electron chi connectivity index (χ2n) is 9.44. The quantitative estimate of drug-likeness (QED) is 0.578. The van der Waals surface area contributed by atoms with Gasteiger partial charge in [0.2, 0.25) is 5.91 Å². The second-order valence-corrected chi connectivity index (χ2v) is 9.44. The third kappa shape index (κ3) is 6.35. The molecule has 1 aliphatic heterocycles. The number of carbonyl (C=O) groups excluding carboxylic acids is 2. The number of carbonyl (C=O) groups is 2. The van der Waals surface area contributed by atoms with Crippen molar-refractivity contribution < 1.29 is 23.6 Å². The van der Waals surface area contributed by atoms with Crippen LogP contribution in [0.5, 0.6) is 5.75 Å². The van der Waals surface area contributed by atoms with Gasteiger partial charge in [0, 0.05) is 26.4 Å². The van der Waals surface area contributed by atoms with Crippen LogP contribution < -0.4 is 15.4 Å². The molecule has 1 aromatic carbocycles. The van der Waals surface area contributed by atoms with Crippen molar-refractivity contribution in [1.29, 1.82) is 0 Å². The number of amides is 2. The van der Waals surface area contributed by atoms with Crippen molar-refractivity contribution >= 4 is 17.5 Å². The summed E-state index contributed by atoms with van der Waals surface area (Å²) in [6.07, 6.45) is 4.79. The number of ether oxygens (including phenoxy) is 1. The molecule has 0 unspecified atom stereocenters. The van der Waals surface area contributed by atoms with E-state index in [4.69, 9.17) is 9.57 Å². The number of hydrogen-bond acceptors (Lipinski definition) is 7. The highest BCUT2D eigenvalue weighted by Gasteiger charge is 2.34. The Balaban J connectivity index is 1.34. The summed E-state index contributed by atoms with van der Waals surface area (Å²) in [4.78, 5) is 38.5. The Morgan fingerprint density at radius 2 is 1.92 bits per heavy atom. The van der Waals surface area contributed by atoms with Gasteiger partial charge in [-0.15, -0.1) is 0 Å². The molecule has 2 heterocycles. The van der Waals surface area contributed by atoms with Crippen LogP contribution in [0.1, 0.15) is 66.6 Å². The van der Waals surface area contributed by atoms with Crippen molar-refractivity contribution in [3.63, 3.8) is 0 Å². The lowest BCUT2D eigenvalue weighted by Crippen LogP contribution is -2.32.